The Balaban J connectivity index is 1.98. The normalized spacial score (nSPS) is 27.5. The number of anilines is 1. The third-order valence-corrected chi connectivity index (χ3v) is 2.50. The van der Waals surface area contributed by atoms with Crippen LogP contribution in [0.3, 0.4) is 0 Å². The highest BCUT2D eigenvalue weighted by Gasteiger charge is 2.23. The van der Waals surface area contributed by atoms with Crippen LogP contribution in [-0.2, 0) is 4.74 Å². The minimum Gasteiger partial charge on any atom is -0.380 e. The van der Waals surface area contributed by atoms with Crippen molar-refractivity contribution in [1.29, 1.82) is 0 Å². The van der Waals surface area contributed by atoms with E-state index in [4.69, 9.17) is 4.74 Å². The summed E-state index contributed by atoms with van der Waals surface area (Å²) in [6.07, 6.45) is 1.44. The van der Waals surface area contributed by atoms with Crippen molar-refractivity contribution in [2.75, 3.05) is 11.9 Å². The first kappa shape index (κ1) is 8.57. The van der Waals surface area contributed by atoms with E-state index in [1.165, 1.54) is 5.69 Å². The molecule has 0 radical (unpaired) electrons. The van der Waals surface area contributed by atoms with Crippen LogP contribution in [0.1, 0.15) is 13.3 Å². The summed E-state index contributed by atoms with van der Waals surface area (Å²) in [4.78, 5) is 0. The molecular weight excluding hydrogens is 162 g/mol. The Kier molecular flexibility index (Phi) is 2.50. The topological polar surface area (TPSA) is 21.3 Å². The fourth-order valence-corrected chi connectivity index (χ4v) is 1.67. The molecule has 0 spiro atoms. The maximum atomic E-state index is 5.48. The van der Waals surface area contributed by atoms with E-state index in [0.717, 1.165) is 13.0 Å². The van der Waals surface area contributed by atoms with Crippen LogP contribution in [0.4, 0.5) is 5.69 Å². The molecule has 70 valence electrons. The summed E-state index contributed by atoms with van der Waals surface area (Å²) in [6.45, 7) is 3.00. The predicted octanol–water partition coefficient (Wildman–Crippen LogP) is 2.28. The van der Waals surface area contributed by atoms with Gasteiger partial charge in [0.25, 0.3) is 0 Å². The molecule has 1 aromatic rings. The summed E-state index contributed by atoms with van der Waals surface area (Å²) in [5, 5.41) is 3.47. The molecule has 0 aromatic heterocycles. The molecule has 0 aliphatic carbocycles. The summed E-state index contributed by atoms with van der Waals surface area (Å²) < 4.78 is 5.48. The summed E-state index contributed by atoms with van der Waals surface area (Å²) in [5.74, 6) is 0. The predicted molar refractivity (Wildman–Crippen MR) is 53.9 cm³/mol. The van der Waals surface area contributed by atoms with Crippen molar-refractivity contribution in [3.8, 4) is 0 Å². The fraction of sp³-hybridized carbons (Fsp3) is 0.455. The summed E-state index contributed by atoms with van der Waals surface area (Å²) in [7, 11) is 0. The molecule has 2 rings (SSSR count). The molecule has 0 amide bonds. The van der Waals surface area contributed by atoms with Crippen molar-refractivity contribution in [3.05, 3.63) is 30.3 Å². The standard InChI is InChI=1S/C11H15NO/c1-9-11(7-8-13-9)12-10-5-3-2-4-6-10/h2-6,9,11-12H,7-8H2,1H3. The maximum Gasteiger partial charge on any atom is 0.0748 e. The second-order valence-electron chi connectivity index (χ2n) is 3.48. The zero-order valence-corrected chi connectivity index (χ0v) is 7.86. The SMILES string of the molecule is CC1OCCC1Nc1ccccc1. The highest BCUT2D eigenvalue weighted by atomic mass is 16.5. The molecule has 13 heavy (non-hydrogen) atoms. The molecule has 1 fully saturated rings. The van der Waals surface area contributed by atoms with Gasteiger partial charge >= 0.3 is 0 Å². The van der Waals surface area contributed by atoms with Gasteiger partial charge in [-0.2, -0.15) is 0 Å². The Hall–Kier alpha value is -1.02. The molecule has 1 heterocycles. The van der Waals surface area contributed by atoms with E-state index < -0.39 is 0 Å². The molecule has 0 saturated carbocycles. The molecule has 2 unspecified atom stereocenters. The first-order valence-electron chi connectivity index (χ1n) is 4.79. The largest absolute Gasteiger partial charge is 0.380 e. The average Bonchev–Trinajstić information content (AvgIpc) is 2.54. The Labute approximate surface area is 78.9 Å². The molecule has 1 saturated heterocycles. The van der Waals surface area contributed by atoms with Gasteiger partial charge in [0.2, 0.25) is 0 Å². The molecule has 1 aliphatic rings. The van der Waals surface area contributed by atoms with E-state index in [9.17, 15) is 0 Å². The number of para-hydroxylation sites is 1. The van der Waals surface area contributed by atoms with Gasteiger partial charge in [-0.05, 0) is 25.5 Å². The molecule has 2 heteroatoms. The van der Waals surface area contributed by atoms with Crippen LogP contribution in [0, 0.1) is 0 Å². The number of hydrogen-bond acceptors (Lipinski definition) is 2. The number of nitrogens with one attached hydrogen (secondary N) is 1. The van der Waals surface area contributed by atoms with E-state index in [0.29, 0.717) is 12.1 Å². The second kappa shape index (κ2) is 3.79. The molecule has 1 aliphatic heterocycles. The van der Waals surface area contributed by atoms with Crippen LogP contribution in [0.5, 0.6) is 0 Å². The third-order valence-electron chi connectivity index (χ3n) is 2.50. The molecule has 0 bridgehead atoms. The van der Waals surface area contributed by atoms with Crippen molar-refractivity contribution in [2.45, 2.75) is 25.5 Å². The monoisotopic (exact) mass is 177 g/mol. The van der Waals surface area contributed by atoms with Gasteiger partial charge in [-0.15, -0.1) is 0 Å². The fourth-order valence-electron chi connectivity index (χ4n) is 1.67. The number of benzene rings is 1. The minimum absolute atomic E-state index is 0.334. The molecule has 2 atom stereocenters. The van der Waals surface area contributed by atoms with E-state index in [2.05, 4.69) is 24.4 Å². The lowest BCUT2D eigenvalue weighted by atomic mass is 10.1. The lowest BCUT2D eigenvalue weighted by molar-refractivity contribution is 0.121. The van der Waals surface area contributed by atoms with Crippen molar-refractivity contribution in [3.63, 3.8) is 0 Å². The van der Waals surface area contributed by atoms with Gasteiger partial charge in [-0.1, -0.05) is 18.2 Å². The molecule has 1 aromatic carbocycles. The van der Waals surface area contributed by atoms with Crippen molar-refractivity contribution in [1.82, 2.24) is 0 Å². The van der Waals surface area contributed by atoms with Gasteiger partial charge in [0.05, 0.1) is 12.1 Å². The highest BCUT2D eigenvalue weighted by Crippen LogP contribution is 2.18. The van der Waals surface area contributed by atoms with Crippen molar-refractivity contribution >= 4 is 5.69 Å². The quantitative estimate of drug-likeness (QED) is 0.748. The lowest BCUT2D eigenvalue weighted by Crippen LogP contribution is -2.26. The second-order valence-corrected chi connectivity index (χ2v) is 3.48. The minimum atomic E-state index is 0.334. The van der Waals surface area contributed by atoms with Crippen LogP contribution in [0.2, 0.25) is 0 Å². The Morgan fingerprint density at radius 1 is 1.31 bits per heavy atom. The Morgan fingerprint density at radius 3 is 2.69 bits per heavy atom. The van der Waals surface area contributed by atoms with Crippen molar-refractivity contribution < 1.29 is 4.74 Å². The van der Waals surface area contributed by atoms with Crippen LogP contribution in [0.15, 0.2) is 30.3 Å². The maximum absolute atomic E-state index is 5.48. The third kappa shape index (κ3) is 2.01. The smallest absolute Gasteiger partial charge is 0.0748 e. The van der Waals surface area contributed by atoms with Crippen LogP contribution < -0.4 is 5.32 Å². The van der Waals surface area contributed by atoms with E-state index in [1.54, 1.807) is 0 Å². The number of hydrogen-bond donors (Lipinski definition) is 1. The van der Waals surface area contributed by atoms with Gasteiger partial charge < -0.3 is 10.1 Å². The lowest BCUT2D eigenvalue weighted by Gasteiger charge is -2.16. The average molecular weight is 177 g/mol. The summed E-state index contributed by atoms with van der Waals surface area (Å²) >= 11 is 0. The zero-order chi connectivity index (χ0) is 9.10. The van der Waals surface area contributed by atoms with E-state index in [1.807, 2.05) is 18.2 Å². The summed E-state index contributed by atoms with van der Waals surface area (Å²) in [6, 6.07) is 10.8. The van der Waals surface area contributed by atoms with E-state index >= 15 is 0 Å². The Morgan fingerprint density at radius 2 is 2.08 bits per heavy atom. The number of ether oxygens (including phenoxy) is 1. The first-order chi connectivity index (χ1) is 6.36. The summed E-state index contributed by atoms with van der Waals surface area (Å²) in [5.41, 5.74) is 1.19. The van der Waals surface area contributed by atoms with Gasteiger partial charge in [-0.3, -0.25) is 0 Å². The van der Waals surface area contributed by atoms with Crippen LogP contribution in [-0.4, -0.2) is 18.8 Å². The molecule has 2 nitrogen and oxygen atoms in total. The highest BCUT2D eigenvalue weighted by molar-refractivity contribution is 5.43. The van der Waals surface area contributed by atoms with E-state index in [-0.39, 0.29) is 0 Å². The van der Waals surface area contributed by atoms with Gasteiger partial charge in [-0.25, -0.2) is 0 Å². The molecular formula is C11H15NO. The van der Waals surface area contributed by atoms with Crippen LogP contribution in [0.25, 0.3) is 0 Å². The van der Waals surface area contributed by atoms with Crippen molar-refractivity contribution in [2.24, 2.45) is 0 Å². The first-order valence-corrected chi connectivity index (χ1v) is 4.79. The van der Waals surface area contributed by atoms with Gasteiger partial charge in [0.15, 0.2) is 0 Å². The van der Waals surface area contributed by atoms with Gasteiger partial charge in [0.1, 0.15) is 0 Å². The van der Waals surface area contributed by atoms with Gasteiger partial charge in [0, 0.05) is 12.3 Å². The Bertz CT molecular complexity index is 260. The molecule has 1 N–H and O–H groups in total. The van der Waals surface area contributed by atoms with Crippen LogP contribution >= 0.6 is 0 Å². The zero-order valence-electron chi connectivity index (χ0n) is 7.86. The number of rotatable bonds is 2.